The molecule has 0 unspecified atom stereocenters. The van der Waals surface area contributed by atoms with Crippen molar-refractivity contribution in [3.05, 3.63) is 83.6 Å². The number of hydrogen-bond donors (Lipinski definition) is 1. The molecule has 0 amide bonds. The lowest BCUT2D eigenvalue weighted by molar-refractivity contribution is 0.101. The minimum Gasteiger partial charge on any atom is -0.506 e. The van der Waals surface area contributed by atoms with Crippen molar-refractivity contribution in [3.8, 4) is 22.6 Å². The third-order valence-electron chi connectivity index (χ3n) is 6.64. The molecule has 1 heterocycles. The molecule has 0 atom stereocenters. The van der Waals surface area contributed by atoms with Gasteiger partial charge in [0, 0.05) is 23.4 Å². The van der Waals surface area contributed by atoms with Crippen LogP contribution in [0, 0.1) is 0 Å². The number of ketones is 1. The third-order valence-corrected chi connectivity index (χ3v) is 9.53. The molecule has 6 nitrogen and oxygen atoms in total. The molecule has 3 aromatic carbocycles. The highest BCUT2D eigenvalue weighted by molar-refractivity contribution is 7.98. The van der Waals surface area contributed by atoms with E-state index in [2.05, 4.69) is 4.98 Å². The average Bonchev–Trinajstić information content (AvgIpc) is 2.86. The molecule has 0 spiro atoms. The second-order valence-corrected chi connectivity index (χ2v) is 12.8. The van der Waals surface area contributed by atoms with Crippen molar-refractivity contribution < 1.29 is 23.1 Å². The molecule has 0 radical (unpaired) electrons. The van der Waals surface area contributed by atoms with Crippen LogP contribution in [-0.4, -0.2) is 36.8 Å². The maximum atomic E-state index is 12.6. The number of benzene rings is 3. The Labute approximate surface area is 221 Å². The van der Waals surface area contributed by atoms with E-state index in [9.17, 15) is 18.3 Å². The van der Waals surface area contributed by atoms with Gasteiger partial charge in [0.05, 0.1) is 20.7 Å². The summed E-state index contributed by atoms with van der Waals surface area (Å²) in [6.45, 7) is 5.07. The summed E-state index contributed by atoms with van der Waals surface area (Å²) in [6.07, 6.45) is 4.79. The van der Waals surface area contributed by atoms with Crippen LogP contribution in [0.25, 0.3) is 22.0 Å². The van der Waals surface area contributed by atoms with Crippen LogP contribution in [0.15, 0.2) is 71.8 Å². The third kappa shape index (κ3) is 5.22. The summed E-state index contributed by atoms with van der Waals surface area (Å²) in [5.74, 6) is 0.202. The Bertz CT molecular complexity index is 1610. The highest BCUT2D eigenvalue weighted by Crippen LogP contribution is 2.40. The monoisotopic (exact) mass is 535 g/mol. The predicted octanol–water partition coefficient (Wildman–Crippen LogP) is 6.39. The number of nitrogens with zero attached hydrogens (tertiary/aromatic N) is 1. The van der Waals surface area contributed by atoms with E-state index < -0.39 is 14.6 Å². The van der Waals surface area contributed by atoms with Crippen LogP contribution in [0.3, 0.4) is 0 Å². The van der Waals surface area contributed by atoms with E-state index in [4.69, 9.17) is 4.74 Å². The van der Waals surface area contributed by atoms with Gasteiger partial charge in [-0.2, -0.15) is 0 Å². The molecule has 0 saturated heterocycles. The quantitative estimate of drug-likeness (QED) is 0.206. The topological polar surface area (TPSA) is 93.6 Å². The highest BCUT2D eigenvalue weighted by Gasteiger charge is 2.33. The van der Waals surface area contributed by atoms with Crippen molar-refractivity contribution in [2.45, 2.75) is 37.0 Å². The highest BCUT2D eigenvalue weighted by atomic mass is 32.2. The number of pyridine rings is 1. The van der Waals surface area contributed by atoms with Gasteiger partial charge in [-0.05, 0) is 80.1 Å². The van der Waals surface area contributed by atoms with Crippen molar-refractivity contribution in [1.29, 1.82) is 0 Å². The largest absolute Gasteiger partial charge is 0.506 e. The lowest BCUT2D eigenvalue weighted by Crippen LogP contribution is -2.28. The summed E-state index contributed by atoms with van der Waals surface area (Å²) in [6, 6.07) is 18.6. The molecule has 0 aliphatic rings. The van der Waals surface area contributed by atoms with E-state index in [0.717, 1.165) is 27.6 Å². The van der Waals surface area contributed by atoms with Gasteiger partial charge in [-0.1, -0.05) is 24.3 Å². The Morgan fingerprint density at radius 1 is 1.08 bits per heavy atom. The molecule has 4 aromatic rings. The number of thioether (sulfide) groups is 1. The van der Waals surface area contributed by atoms with Crippen LogP contribution in [0.4, 0.5) is 0 Å². The van der Waals surface area contributed by atoms with E-state index in [1.54, 1.807) is 32.2 Å². The van der Waals surface area contributed by atoms with Crippen LogP contribution in [0.5, 0.6) is 11.5 Å². The van der Waals surface area contributed by atoms with E-state index in [-0.39, 0.29) is 23.7 Å². The van der Waals surface area contributed by atoms with Gasteiger partial charge in [0.1, 0.15) is 18.1 Å². The first kappa shape index (κ1) is 26.7. The Hall–Kier alpha value is -3.36. The number of rotatable bonds is 8. The number of aromatic nitrogens is 1. The van der Waals surface area contributed by atoms with Crippen LogP contribution in [0.1, 0.15) is 42.3 Å². The number of phenols is 1. The molecule has 0 bridgehead atoms. The summed E-state index contributed by atoms with van der Waals surface area (Å²) in [5.41, 5.74) is 4.34. The number of ether oxygens (including phenoxy) is 1. The lowest BCUT2D eigenvalue weighted by atomic mass is 9.93. The molecule has 0 aliphatic heterocycles. The van der Waals surface area contributed by atoms with E-state index in [0.29, 0.717) is 16.2 Å². The second-order valence-electron chi connectivity index (χ2n) is 9.42. The molecule has 192 valence electrons. The van der Waals surface area contributed by atoms with Crippen molar-refractivity contribution in [2.24, 2.45) is 0 Å². The van der Waals surface area contributed by atoms with Crippen LogP contribution < -0.4 is 4.74 Å². The number of fused-ring (bicyclic) bond motifs is 1. The maximum Gasteiger partial charge on any atom is 0.163 e. The molecule has 0 fully saturated rings. The van der Waals surface area contributed by atoms with E-state index >= 15 is 0 Å². The standard InChI is InChI=1S/C29H29NO5S2/c1-18(31)23-11-12-25(28(36-4)27(23)32)35-17-19-8-6-9-20(14-19)24-16-22(29(2,3)37(5,33)34)15-21-10-7-13-30-26(21)24/h6-16,32H,17H2,1-5H3. The first-order valence-electron chi connectivity index (χ1n) is 11.7. The predicted molar refractivity (Wildman–Crippen MR) is 149 cm³/mol. The SMILES string of the molecule is CSc1c(OCc2cccc(-c3cc(C(C)(C)S(C)(=O)=O)cc4cccnc34)c2)ccc(C(C)=O)c1O. The molecule has 1 aromatic heterocycles. The Morgan fingerprint density at radius 3 is 2.51 bits per heavy atom. The van der Waals surface area contributed by atoms with Crippen molar-refractivity contribution >= 4 is 38.3 Å². The zero-order chi connectivity index (χ0) is 27.0. The fourth-order valence-electron chi connectivity index (χ4n) is 4.11. The molecular formula is C29H29NO5S2. The van der Waals surface area contributed by atoms with Crippen LogP contribution in [0.2, 0.25) is 0 Å². The fourth-order valence-corrected chi connectivity index (χ4v) is 5.29. The summed E-state index contributed by atoms with van der Waals surface area (Å²) in [7, 11) is -3.37. The molecule has 0 aliphatic carbocycles. The van der Waals surface area contributed by atoms with Gasteiger partial charge in [-0.15, -0.1) is 11.8 Å². The summed E-state index contributed by atoms with van der Waals surface area (Å²) in [4.78, 5) is 16.9. The summed E-state index contributed by atoms with van der Waals surface area (Å²) >= 11 is 1.31. The normalized spacial score (nSPS) is 12.0. The summed E-state index contributed by atoms with van der Waals surface area (Å²) in [5, 5.41) is 11.4. The molecule has 4 rings (SSSR count). The van der Waals surface area contributed by atoms with Gasteiger partial charge in [0.25, 0.3) is 0 Å². The van der Waals surface area contributed by atoms with Crippen molar-refractivity contribution in [2.75, 3.05) is 12.5 Å². The smallest absolute Gasteiger partial charge is 0.163 e. The van der Waals surface area contributed by atoms with Gasteiger partial charge in [0.2, 0.25) is 0 Å². The molecule has 1 N–H and O–H groups in total. The van der Waals surface area contributed by atoms with Crippen LogP contribution in [-0.2, 0) is 21.2 Å². The minimum absolute atomic E-state index is 0.0749. The average molecular weight is 536 g/mol. The van der Waals surface area contributed by atoms with Crippen LogP contribution >= 0.6 is 11.8 Å². The fraction of sp³-hybridized carbons (Fsp3) is 0.241. The maximum absolute atomic E-state index is 12.6. The second kappa shape index (κ2) is 10.2. The minimum atomic E-state index is -3.37. The van der Waals surface area contributed by atoms with Gasteiger partial charge in [0.15, 0.2) is 15.6 Å². The molecule has 0 saturated carbocycles. The lowest BCUT2D eigenvalue weighted by Gasteiger charge is -2.24. The number of carbonyl (C=O) groups excluding carboxylic acids is 1. The van der Waals surface area contributed by atoms with Crippen molar-refractivity contribution in [3.63, 3.8) is 0 Å². The Kier molecular flexibility index (Phi) is 7.35. The zero-order valence-corrected chi connectivity index (χ0v) is 23.0. The zero-order valence-electron chi connectivity index (χ0n) is 21.4. The van der Waals surface area contributed by atoms with Gasteiger partial charge in [-0.25, -0.2) is 8.42 Å². The number of carbonyl (C=O) groups is 1. The number of Topliss-reactive ketones (excluding diaryl/α,β-unsaturated/α-hetero) is 1. The first-order chi connectivity index (χ1) is 17.4. The number of hydrogen-bond acceptors (Lipinski definition) is 7. The van der Waals surface area contributed by atoms with E-state index in [1.807, 2.05) is 54.8 Å². The number of phenolic OH excluding ortho intramolecular Hbond substituents is 1. The van der Waals surface area contributed by atoms with Crippen molar-refractivity contribution in [1.82, 2.24) is 4.98 Å². The molecule has 37 heavy (non-hydrogen) atoms. The molecular weight excluding hydrogens is 506 g/mol. The van der Waals surface area contributed by atoms with Gasteiger partial charge in [-0.3, -0.25) is 9.78 Å². The summed E-state index contributed by atoms with van der Waals surface area (Å²) < 4.78 is 30.1. The number of aromatic hydroxyl groups is 1. The number of sulfone groups is 1. The Balaban J connectivity index is 1.73. The first-order valence-corrected chi connectivity index (χ1v) is 14.8. The van der Waals surface area contributed by atoms with E-state index in [1.165, 1.54) is 24.9 Å². The van der Waals surface area contributed by atoms with Gasteiger partial charge >= 0.3 is 0 Å². The molecule has 8 heteroatoms. The van der Waals surface area contributed by atoms with Gasteiger partial charge < -0.3 is 9.84 Å². The Morgan fingerprint density at radius 2 is 1.84 bits per heavy atom.